The smallest absolute Gasteiger partial charge is 0.420 e. The normalized spacial score (nSPS) is 10.8. The van der Waals surface area contributed by atoms with E-state index >= 15 is 0 Å². The molecule has 0 saturated heterocycles. The summed E-state index contributed by atoms with van der Waals surface area (Å²) in [5.74, 6) is 1.15. The lowest BCUT2D eigenvalue weighted by atomic mass is 10.1. The molecule has 1 unspecified atom stereocenters. The van der Waals surface area contributed by atoms with Crippen LogP contribution in [0, 0.1) is 0 Å². The highest BCUT2D eigenvalue weighted by Gasteiger charge is 2.36. The Morgan fingerprint density at radius 2 is 1.27 bits per heavy atom. The van der Waals surface area contributed by atoms with Crippen molar-refractivity contribution in [1.29, 1.82) is 0 Å². The largest absolute Gasteiger partial charge is 0.496 e. The van der Waals surface area contributed by atoms with E-state index in [9.17, 15) is 14.2 Å². The van der Waals surface area contributed by atoms with Gasteiger partial charge in [0.2, 0.25) is 0 Å². The highest BCUT2D eigenvalue weighted by Crippen LogP contribution is 2.39. The van der Waals surface area contributed by atoms with E-state index in [0.29, 0.717) is 5.75 Å². The van der Waals surface area contributed by atoms with E-state index in [0.717, 1.165) is 0 Å². The number of methoxy groups -OCH3 is 5. The highest BCUT2D eigenvalue weighted by molar-refractivity contribution is 7.64. The number of hydrogen-bond acceptors (Lipinski definition) is 8. The van der Waals surface area contributed by atoms with Crippen LogP contribution in [0.5, 0.6) is 28.7 Å². The second kappa shape index (κ2) is 10.6. The third-order valence-electron chi connectivity index (χ3n) is 4.40. The van der Waals surface area contributed by atoms with Gasteiger partial charge >= 0.3 is 13.3 Å². The molecule has 0 saturated carbocycles. The Bertz CT molecular complexity index is 907. The van der Waals surface area contributed by atoms with Crippen molar-refractivity contribution < 1.29 is 37.8 Å². The van der Waals surface area contributed by atoms with Crippen molar-refractivity contribution in [1.82, 2.24) is 0 Å². The molecular formula is C21H24O8P+. The van der Waals surface area contributed by atoms with E-state index in [2.05, 4.69) is 0 Å². The van der Waals surface area contributed by atoms with Crippen LogP contribution in [-0.2, 0) is 4.57 Å². The fourth-order valence-corrected chi connectivity index (χ4v) is 3.98. The minimum atomic E-state index is -2.40. The third kappa shape index (κ3) is 4.89. The maximum absolute atomic E-state index is 12.8. The van der Waals surface area contributed by atoms with E-state index in [1.54, 1.807) is 30.3 Å². The molecule has 0 spiro atoms. The molecule has 0 aliphatic carbocycles. The lowest BCUT2D eigenvalue weighted by molar-refractivity contribution is 0.0983. The Morgan fingerprint density at radius 3 is 1.70 bits per heavy atom. The lowest BCUT2D eigenvalue weighted by Gasteiger charge is -2.13. The maximum atomic E-state index is 12.8. The van der Waals surface area contributed by atoms with Gasteiger partial charge in [0, 0.05) is 12.1 Å². The van der Waals surface area contributed by atoms with Crippen molar-refractivity contribution in [3.05, 3.63) is 41.5 Å². The van der Waals surface area contributed by atoms with Crippen molar-refractivity contribution in [2.45, 2.75) is 6.42 Å². The summed E-state index contributed by atoms with van der Waals surface area (Å²) in [6.07, 6.45) is -0.288. The van der Waals surface area contributed by atoms with Gasteiger partial charge in [-0.1, -0.05) is 10.6 Å². The van der Waals surface area contributed by atoms with Gasteiger partial charge in [0.25, 0.3) is 0 Å². The molecule has 0 aliphatic heterocycles. The number of benzene rings is 2. The monoisotopic (exact) mass is 435 g/mol. The van der Waals surface area contributed by atoms with Gasteiger partial charge in [-0.05, 0) is 12.1 Å². The van der Waals surface area contributed by atoms with Crippen LogP contribution < -0.4 is 23.7 Å². The topological polar surface area (TPSA) is 97.4 Å². The molecule has 0 fully saturated rings. The molecule has 0 aromatic heterocycles. The Balaban J connectivity index is 2.23. The van der Waals surface area contributed by atoms with Gasteiger partial charge in [0.1, 0.15) is 34.3 Å². The zero-order valence-corrected chi connectivity index (χ0v) is 18.4. The lowest BCUT2D eigenvalue weighted by Crippen LogP contribution is -2.08. The fraction of sp³-hybridized carbons (Fsp3) is 0.333. The summed E-state index contributed by atoms with van der Waals surface area (Å²) in [7, 11) is 4.74. The second-order valence-corrected chi connectivity index (χ2v) is 7.64. The van der Waals surface area contributed by atoms with Crippen LogP contribution in [0.25, 0.3) is 0 Å². The first-order valence-corrected chi connectivity index (χ1v) is 10.4. The average molecular weight is 435 g/mol. The molecule has 2 aromatic carbocycles. The Labute approximate surface area is 175 Å². The summed E-state index contributed by atoms with van der Waals surface area (Å²) in [4.78, 5) is 25.6. The summed E-state index contributed by atoms with van der Waals surface area (Å²) < 4.78 is 38.8. The molecule has 8 nitrogen and oxygen atoms in total. The van der Waals surface area contributed by atoms with Crippen molar-refractivity contribution >= 4 is 19.1 Å². The number of carbonyl (C=O) groups is 2. The summed E-state index contributed by atoms with van der Waals surface area (Å²) >= 11 is 0. The summed E-state index contributed by atoms with van der Waals surface area (Å²) in [5.41, 5.74) is -0.344. The summed E-state index contributed by atoms with van der Waals surface area (Å²) in [5, 5.41) is 0. The second-order valence-electron chi connectivity index (χ2n) is 6.02. The number of rotatable bonds is 11. The Kier molecular flexibility index (Phi) is 8.18. The maximum Gasteiger partial charge on any atom is 0.420 e. The molecule has 1 atom stereocenters. The van der Waals surface area contributed by atoms with E-state index in [1.807, 2.05) is 0 Å². The van der Waals surface area contributed by atoms with Crippen LogP contribution >= 0.6 is 7.80 Å². The Hall–Kier alpha value is -3.12. The van der Waals surface area contributed by atoms with Crippen LogP contribution in [-0.4, -0.2) is 53.0 Å². The molecule has 160 valence electrons. The number of hydrogen-bond donors (Lipinski definition) is 0. The number of Topliss-reactive ketones (excluding diaryl/α,β-unsaturated/α-hetero) is 1. The number of ether oxygens (including phenoxy) is 5. The number of ketones is 1. The first-order valence-electron chi connectivity index (χ1n) is 8.94. The van der Waals surface area contributed by atoms with Crippen LogP contribution in [0.2, 0.25) is 0 Å². The van der Waals surface area contributed by atoms with Gasteiger partial charge in [-0.25, -0.2) is 4.79 Å². The predicted octanol–water partition coefficient (Wildman–Crippen LogP) is 3.97. The minimum Gasteiger partial charge on any atom is -0.496 e. The van der Waals surface area contributed by atoms with Crippen LogP contribution in [0.15, 0.2) is 30.3 Å². The van der Waals surface area contributed by atoms with E-state index < -0.39 is 13.3 Å². The van der Waals surface area contributed by atoms with E-state index in [1.165, 1.54) is 35.5 Å². The molecule has 0 radical (unpaired) electrons. The summed E-state index contributed by atoms with van der Waals surface area (Å²) in [6, 6.07) is 7.93. The van der Waals surface area contributed by atoms with Gasteiger partial charge in [-0.15, -0.1) is 0 Å². The molecular weight excluding hydrogens is 411 g/mol. The van der Waals surface area contributed by atoms with Crippen LogP contribution in [0.4, 0.5) is 0 Å². The molecule has 0 heterocycles. The van der Waals surface area contributed by atoms with Crippen LogP contribution in [0.3, 0.4) is 0 Å². The Morgan fingerprint density at radius 1 is 0.767 bits per heavy atom. The minimum absolute atomic E-state index is 0.0932. The van der Waals surface area contributed by atoms with Crippen molar-refractivity contribution in [2.75, 3.05) is 41.7 Å². The SMILES string of the molecule is COc1cc(OC)c(C(=O)CC[P+](=O)C(=O)c2c(OC)cccc2OC)c(OC)c1. The van der Waals surface area contributed by atoms with Gasteiger partial charge in [-0.3, -0.25) is 4.79 Å². The first kappa shape index (κ1) is 23.2. The molecule has 2 aromatic rings. The van der Waals surface area contributed by atoms with E-state index in [4.69, 9.17) is 23.7 Å². The first-order chi connectivity index (χ1) is 14.4. The highest BCUT2D eigenvalue weighted by atomic mass is 31.1. The quantitative estimate of drug-likeness (QED) is 0.386. The third-order valence-corrected chi connectivity index (χ3v) is 5.71. The molecule has 9 heteroatoms. The van der Waals surface area contributed by atoms with Gasteiger partial charge < -0.3 is 23.7 Å². The van der Waals surface area contributed by atoms with E-state index in [-0.39, 0.29) is 52.5 Å². The summed E-state index contributed by atoms with van der Waals surface area (Å²) in [6.45, 7) is 0. The molecule has 0 aliphatic rings. The number of carbonyl (C=O) groups excluding carboxylic acids is 2. The van der Waals surface area contributed by atoms with Gasteiger partial charge in [0.05, 0.1) is 42.0 Å². The van der Waals surface area contributed by atoms with Crippen LogP contribution in [0.1, 0.15) is 27.1 Å². The predicted molar refractivity (Wildman–Crippen MR) is 111 cm³/mol. The van der Waals surface area contributed by atoms with Gasteiger partial charge in [-0.2, -0.15) is 0 Å². The van der Waals surface area contributed by atoms with Crippen molar-refractivity contribution in [2.24, 2.45) is 0 Å². The standard InChI is InChI=1S/C21H24O8P/c1-25-13-11-17(28-4)19(18(12-13)29-5)14(22)9-10-30(24)21(23)20-15(26-2)7-6-8-16(20)27-3/h6-8,11-12H,9-10H2,1-5H3/q+1. The molecule has 0 amide bonds. The molecule has 2 rings (SSSR count). The molecule has 0 N–H and O–H groups in total. The van der Waals surface area contributed by atoms with Gasteiger partial charge in [0.15, 0.2) is 17.5 Å². The zero-order chi connectivity index (χ0) is 22.3. The zero-order valence-electron chi connectivity index (χ0n) is 17.5. The van der Waals surface area contributed by atoms with Crippen molar-refractivity contribution in [3.8, 4) is 28.7 Å². The molecule has 0 bridgehead atoms. The van der Waals surface area contributed by atoms with Crippen molar-refractivity contribution in [3.63, 3.8) is 0 Å². The molecule has 30 heavy (non-hydrogen) atoms. The average Bonchev–Trinajstić information content (AvgIpc) is 2.79. The fourth-order valence-electron chi connectivity index (χ4n) is 2.90.